The van der Waals surface area contributed by atoms with E-state index in [4.69, 9.17) is 5.73 Å². The van der Waals surface area contributed by atoms with Crippen LogP contribution >= 0.6 is 24.8 Å². The Morgan fingerprint density at radius 3 is 2.62 bits per heavy atom. The van der Waals surface area contributed by atoms with Gasteiger partial charge in [0.1, 0.15) is 0 Å². The van der Waals surface area contributed by atoms with Gasteiger partial charge in [0, 0.05) is 36.9 Å². The zero-order chi connectivity index (χ0) is 16.9. The van der Waals surface area contributed by atoms with Crippen molar-refractivity contribution in [2.75, 3.05) is 19.6 Å². The number of rotatable bonds is 6. The van der Waals surface area contributed by atoms with Gasteiger partial charge in [0.15, 0.2) is 5.65 Å². The SMILES string of the molecule is Cc1[nH]nc2ncc(C(=O)N(CCN)CCc3ccccc3)cc12.Cl.Cl. The summed E-state index contributed by atoms with van der Waals surface area (Å²) >= 11 is 0. The zero-order valence-electron chi connectivity index (χ0n) is 14.5. The summed E-state index contributed by atoms with van der Waals surface area (Å²) < 4.78 is 0. The molecule has 3 rings (SSSR count). The first-order valence-electron chi connectivity index (χ1n) is 8.03. The smallest absolute Gasteiger partial charge is 0.255 e. The van der Waals surface area contributed by atoms with E-state index in [2.05, 4.69) is 27.3 Å². The van der Waals surface area contributed by atoms with E-state index in [0.29, 0.717) is 30.8 Å². The van der Waals surface area contributed by atoms with Crippen molar-refractivity contribution in [3.63, 3.8) is 0 Å². The molecule has 0 radical (unpaired) electrons. The minimum Gasteiger partial charge on any atom is -0.337 e. The van der Waals surface area contributed by atoms with E-state index in [9.17, 15) is 4.79 Å². The van der Waals surface area contributed by atoms with Crippen LogP contribution in [0.15, 0.2) is 42.6 Å². The molecule has 0 spiro atoms. The monoisotopic (exact) mass is 395 g/mol. The second-order valence-corrected chi connectivity index (χ2v) is 5.76. The Bertz CT molecular complexity index is 838. The second kappa shape index (κ2) is 10.1. The molecule has 3 aromatic rings. The number of fused-ring (bicyclic) bond motifs is 1. The Morgan fingerprint density at radius 1 is 1.19 bits per heavy atom. The molecule has 0 aliphatic carbocycles. The van der Waals surface area contributed by atoms with Crippen molar-refractivity contribution in [2.24, 2.45) is 5.73 Å². The molecular weight excluding hydrogens is 373 g/mol. The fourth-order valence-electron chi connectivity index (χ4n) is 2.70. The summed E-state index contributed by atoms with van der Waals surface area (Å²) in [7, 11) is 0. The van der Waals surface area contributed by atoms with E-state index < -0.39 is 0 Å². The maximum atomic E-state index is 12.8. The second-order valence-electron chi connectivity index (χ2n) is 5.76. The number of aryl methyl sites for hydroxylation is 1. The molecule has 0 fully saturated rings. The molecular formula is C18H23Cl2N5O. The van der Waals surface area contributed by atoms with Gasteiger partial charge in [-0.3, -0.25) is 9.89 Å². The summed E-state index contributed by atoms with van der Waals surface area (Å²) in [6.07, 6.45) is 2.38. The fourth-order valence-corrected chi connectivity index (χ4v) is 2.70. The minimum atomic E-state index is -0.0496. The minimum absolute atomic E-state index is 0. The number of hydrogen-bond acceptors (Lipinski definition) is 4. The summed E-state index contributed by atoms with van der Waals surface area (Å²) in [6, 6.07) is 12.0. The standard InChI is InChI=1S/C18H21N5O.2ClH/c1-13-16-11-15(12-20-17(16)22-21-13)18(24)23(10-8-19)9-7-14-5-3-2-4-6-14;;/h2-6,11-12H,7-10,19H2,1H3,(H,20,21,22);2*1H. The average molecular weight is 396 g/mol. The highest BCUT2D eigenvalue weighted by Gasteiger charge is 2.17. The van der Waals surface area contributed by atoms with Crippen LogP contribution in [0.5, 0.6) is 0 Å². The summed E-state index contributed by atoms with van der Waals surface area (Å²) in [5, 5.41) is 7.85. The summed E-state index contributed by atoms with van der Waals surface area (Å²) in [5.41, 5.74) is 8.98. The van der Waals surface area contributed by atoms with Crippen LogP contribution in [0.1, 0.15) is 21.6 Å². The first-order valence-corrected chi connectivity index (χ1v) is 8.03. The van der Waals surface area contributed by atoms with E-state index in [0.717, 1.165) is 17.5 Å². The van der Waals surface area contributed by atoms with Crippen LogP contribution in [-0.2, 0) is 6.42 Å². The predicted molar refractivity (Wildman–Crippen MR) is 108 cm³/mol. The Kier molecular flexibility index (Phi) is 8.51. The van der Waals surface area contributed by atoms with Gasteiger partial charge in [0.05, 0.1) is 5.56 Å². The molecule has 0 bridgehead atoms. The number of aromatic nitrogens is 3. The molecule has 0 aliphatic heterocycles. The Hall–Kier alpha value is -2.15. The van der Waals surface area contributed by atoms with Crippen LogP contribution in [0.2, 0.25) is 0 Å². The molecule has 1 amide bonds. The molecule has 0 unspecified atom stereocenters. The quantitative estimate of drug-likeness (QED) is 0.671. The van der Waals surface area contributed by atoms with E-state index in [-0.39, 0.29) is 30.7 Å². The van der Waals surface area contributed by atoms with Crippen LogP contribution in [0.3, 0.4) is 0 Å². The Labute approximate surface area is 165 Å². The van der Waals surface area contributed by atoms with Gasteiger partial charge in [-0.1, -0.05) is 30.3 Å². The molecule has 2 heterocycles. The van der Waals surface area contributed by atoms with Crippen LogP contribution in [0.25, 0.3) is 11.0 Å². The number of amides is 1. The lowest BCUT2D eigenvalue weighted by Crippen LogP contribution is -2.37. The van der Waals surface area contributed by atoms with E-state index >= 15 is 0 Å². The van der Waals surface area contributed by atoms with Gasteiger partial charge in [-0.05, 0) is 25.0 Å². The van der Waals surface area contributed by atoms with Gasteiger partial charge < -0.3 is 10.6 Å². The molecule has 1 aromatic carbocycles. The highest BCUT2D eigenvalue weighted by molar-refractivity contribution is 5.97. The lowest BCUT2D eigenvalue weighted by atomic mass is 10.1. The third-order valence-corrected chi connectivity index (χ3v) is 4.05. The Balaban J connectivity index is 0.00000169. The van der Waals surface area contributed by atoms with Crippen molar-refractivity contribution >= 4 is 41.8 Å². The average Bonchev–Trinajstić information content (AvgIpc) is 2.99. The molecule has 140 valence electrons. The normalized spacial score (nSPS) is 10.1. The van der Waals surface area contributed by atoms with Crippen LogP contribution in [-0.4, -0.2) is 45.6 Å². The van der Waals surface area contributed by atoms with Crippen molar-refractivity contribution in [1.29, 1.82) is 0 Å². The lowest BCUT2D eigenvalue weighted by molar-refractivity contribution is 0.0762. The molecule has 0 atom stereocenters. The van der Waals surface area contributed by atoms with Crippen LogP contribution < -0.4 is 5.73 Å². The molecule has 0 aliphatic rings. The van der Waals surface area contributed by atoms with E-state index in [1.54, 1.807) is 11.1 Å². The Morgan fingerprint density at radius 2 is 1.92 bits per heavy atom. The molecule has 8 heteroatoms. The number of hydrogen-bond donors (Lipinski definition) is 2. The number of H-pyrrole nitrogens is 1. The first kappa shape index (κ1) is 21.9. The van der Waals surface area contributed by atoms with E-state index in [1.807, 2.05) is 31.2 Å². The van der Waals surface area contributed by atoms with Crippen molar-refractivity contribution in [3.05, 3.63) is 59.4 Å². The summed E-state index contributed by atoms with van der Waals surface area (Å²) in [6.45, 7) is 3.50. The molecule has 0 saturated carbocycles. The highest BCUT2D eigenvalue weighted by Crippen LogP contribution is 2.16. The number of nitrogens with zero attached hydrogens (tertiary/aromatic N) is 3. The molecule has 6 nitrogen and oxygen atoms in total. The maximum absolute atomic E-state index is 12.8. The van der Waals surface area contributed by atoms with Gasteiger partial charge in [-0.2, -0.15) is 5.10 Å². The third kappa shape index (κ3) is 4.94. The van der Waals surface area contributed by atoms with Crippen LogP contribution in [0, 0.1) is 6.92 Å². The predicted octanol–water partition coefficient (Wildman–Crippen LogP) is 2.75. The number of nitrogens with one attached hydrogen (secondary N) is 1. The van der Waals surface area contributed by atoms with Crippen molar-refractivity contribution < 1.29 is 4.79 Å². The summed E-state index contributed by atoms with van der Waals surface area (Å²) in [5.74, 6) is -0.0496. The number of pyridine rings is 1. The summed E-state index contributed by atoms with van der Waals surface area (Å²) in [4.78, 5) is 18.9. The van der Waals surface area contributed by atoms with Crippen molar-refractivity contribution in [2.45, 2.75) is 13.3 Å². The van der Waals surface area contributed by atoms with Gasteiger partial charge in [0.25, 0.3) is 5.91 Å². The van der Waals surface area contributed by atoms with Gasteiger partial charge >= 0.3 is 0 Å². The number of aromatic amines is 1. The lowest BCUT2D eigenvalue weighted by Gasteiger charge is -2.22. The fraction of sp³-hybridized carbons (Fsp3) is 0.278. The van der Waals surface area contributed by atoms with Gasteiger partial charge in [-0.15, -0.1) is 24.8 Å². The molecule has 0 saturated heterocycles. The van der Waals surface area contributed by atoms with Crippen molar-refractivity contribution in [3.8, 4) is 0 Å². The number of carbonyl (C=O) groups excluding carboxylic acids is 1. The topological polar surface area (TPSA) is 87.9 Å². The van der Waals surface area contributed by atoms with Crippen LogP contribution in [0.4, 0.5) is 0 Å². The van der Waals surface area contributed by atoms with Crippen molar-refractivity contribution in [1.82, 2.24) is 20.1 Å². The third-order valence-electron chi connectivity index (χ3n) is 4.05. The van der Waals surface area contributed by atoms with Gasteiger partial charge in [0.2, 0.25) is 0 Å². The number of halogens is 2. The highest BCUT2D eigenvalue weighted by atomic mass is 35.5. The molecule has 26 heavy (non-hydrogen) atoms. The molecule has 2 aromatic heterocycles. The van der Waals surface area contributed by atoms with E-state index in [1.165, 1.54) is 5.56 Å². The largest absolute Gasteiger partial charge is 0.337 e. The van der Waals surface area contributed by atoms with Gasteiger partial charge in [-0.25, -0.2) is 4.98 Å². The number of nitrogens with two attached hydrogens (primary N) is 1. The zero-order valence-corrected chi connectivity index (χ0v) is 16.1. The molecule has 3 N–H and O–H groups in total. The first-order chi connectivity index (χ1) is 11.7. The maximum Gasteiger partial charge on any atom is 0.255 e. The number of benzene rings is 1. The number of carbonyl (C=O) groups is 1.